The van der Waals surface area contributed by atoms with Gasteiger partial charge in [0.2, 0.25) is 0 Å². The smallest absolute Gasteiger partial charge is 0.145 e. The van der Waals surface area contributed by atoms with Crippen LogP contribution in [0.15, 0.2) is 168 Å². The van der Waals surface area contributed by atoms with Crippen molar-refractivity contribution in [3.63, 3.8) is 0 Å². The molecule has 14 radical (unpaired) electrons. The number of rotatable bonds is 6. The molecule has 59 heavy (non-hydrogen) atoms. The molecule has 0 saturated carbocycles. The van der Waals surface area contributed by atoms with Crippen LogP contribution in [0, 0.1) is 12.3 Å². The van der Waals surface area contributed by atoms with Crippen LogP contribution in [0.5, 0.6) is 0 Å². The van der Waals surface area contributed by atoms with E-state index in [4.69, 9.17) is 66.3 Å². The van der Waals surface area contributed by atoms with E-state index in [9.17, 15) is 0 Å². The maximum absolute atomic E-state index is 7.04. The van der Waals surface area contributed by atoms with E-state index in [-0.39, 0.29) is 39.2 Å². The lowest BCUT2D eigenvalue weighted by Crippen LogP contribution is -2.65. The summed E-state index contributed by atoms with van der Waals surface area (Å²) in [4.78, 5) is 5.16. The first kappa shape index (κ1) is 38.0. The lowest BCUT2D eigenvalue weighted by atomic mass is 9.61. The van der Waals surface area contributed by atoms with Crippen LogP contribution in [0.1, 0.15) is 17.5 Å². The summed E-state index contributed by atoms with van der Waals surface area (Å²) in [7, 11) is 47.3. The second-order valence-electron chi connectivity index (χ2n) is 14.5. The second-order valence-corrected chi connectivity index (χ2v) is 14.5. The number of benzene rings is 7. The van der Waals surface area contributed by atoms with E-state index in [1.807, 2.05) is 84.9 Å². The molecule has 1 heterocycles. The fraction of sp³-hybridized carbons (Fsp3) is 0.0200. The van der Waals surface area contributed by atoms with E-state index >= 15 is 0 Å². The highest BCUT2D eigenvalue weighted by Gasteiger charge is 2.26. The molecule has 0 N–H and O–H groups in total. The van der Waals surface area contributed by atoms with Gasteiger partial charge in [-0.2, -0.15) is 0 Å². The van der Waals surface area contributed by atoms with Gasteiger partial charge in [-0.05, 0) is 79.4 Å². The van der Waals surface area contributed by atoms with E-state index in [0.29, 0.717) is 27.0 Å². The van der Waals surface area contributed by atoms with Crippen molar-refractivity contribution in [1.82, 2.24) is 9.55 Å². The normalized spacial score (nSPS) is 13.9. The molecule has 8 aromatic rings. The Kier molecular flexibility index (Phi) is 9.90. The maximum Gasteiger partial charge on any atom is 0.145 e. The molecule has 2 nitrogen and oxygen atoms in total. The number of para-hydroxylation sites is 2. The maximum atomic E-state index is 7.04. The lowest BCUT2D eigenvalue weighted by molar-refractivity contribution is 1.11. The standard InChI is InChI=1S/C50H27B7N2/c1-2-37(51)45(53)44(52)36-27-35(34-19-9-8-17-32(34)28-13-4-3-5-14-28)42-43(47(55)49(57)48(56)46(42)54)41(36)30-23-25-31(26-24-30)50-58-38-20-10-11-21-40(38)59(50)39-22-12-16-29-15-6-7-18-33(29)39/h1,3-26H,27H2/b44-36-,45-37-. The number of fused-ring (bicyclic) bond motifs is 3. The van der Waals surface area contributed by atoms with Gasteiger partial charge in [-0.25, -0.2) is 4.98 Å². The molecular formula is C50H27B7N2. The molecule has 258 valence electrons. The van der Waals surface area contributed by atoms with Crippen LogP contribution >= 0.6 is 0 Å². The highest BCUT2D eigenvalue weighted by Crippen LogP contribution is 2.38. The summed E-state index contributed by atoms with van der Waals surface area (Å²) < 4.78 is 2.21. The fourth-order valence-corrected chi connectivity index (χ4v) is 8.34. The van der Waals surface area contributed by atoms with E-state index in [0.717, 1.165) is 66.7 Å². The van der Waals surface area contributed by atoms with Crippen LogP contribution in [0.3, 0.4) is 0 Å². The van der Waals surface area contributed by atoms with Gasteiger partial charge in [0.25, 0.3) is 0 Å². The molecule has 1 aliphatic carbocycles. The Hall–Kier alpha value is -6.50. The van der Waals surface area contributed by atoms with Gasteiger partial charge in [0.05, 0.1) is 16.7 Å². The summed E-state index contributed by atoms with van der Waals surface area (Å²) in [5.41, 5.74) is 10.9. The predicted molar refractivity (Wildman–Crippen MR) is 253 cm³/mol. The third-order valence-corrected chi connectivity index (χ3v) is 11.3. The zero-order valence-corrected chi connectivity index (χ0v) is 32.1. The molecular weight excluding hydrogens is 704 g/mol. The Labute approximate surface area is 353 Å². The van der Waals surface area contributed by atoms with Crippen molar-refractivity contribution in [3.8, 4) is 40.5 Å². The van der Waals surface area contributed by atoms with Crippen LogP contribution in [0.4, 0.5) is 0 Å². The average Bonchev–Trinajstić information content (AvgIpc) is 3.68. The van der Waals surface area contributed by atoms with E-state index in [2.05, 4.69) is 71.2 Å². The monoisotopic (exact) mass is 732 g/mol. The van der Waals surface area contributed by atoms with Gasteiger partial charge in [-0.3, -0.25) is 4.57 Å². The Morgan fingerprint density at radius 3 is 1.93 bits per heavy atom. The van der Waals surface area contributed by atoms with E-state index < -0.39 is 0 Å². The number of terminal acetylenes is 1. The van der Waals surface area contributed by atoms with Gasteiger partial charge < -0.3 is 0 Å². The minimum Gasteiger partial charge on any atom is -0.292 e. The van der Waals surface area contributed by atoms with Gasteiger partial charge in [-0.1, -0.05) is 155 Å². The van der Waals surface area contributed by atoms with Crippen LogP contribution < -0.4 is 32.3 Å². The highest BCUT2D eigenvalue weighted by atomic mass is 15.1. The highest BCUT2D eigenvalue weighted by molar-refractivity contribution is 6.62. The first-order valence-corrected chi connectivity index (χ1v) is 19.1. The predicted octanol–water partition coefficient (Wildman–Crippen LogP) is 4.09. The summed E-state index contributed by atoms with van der Waals surface area (Å²) in [6.07, 6.45) is 6.03. The Balaban J connectivity index is 1.35. The largest absolute Gasteiger partial charge is 0.292 e. The molecule has 0 unspecified atom stereocenters. The minimum absolute atomic E-state index is 0.0124. The number of hydrogen-bond acceptors (Lipinski definition) is 1. The van der Waals surface area contributed by atoms with Gasteiger partial charge in [0, 0.05) is 10.9 Å². The van der Waals surface area contributed by atoms with Crippen molar-refractivity contribution in [2.75, 3.05) is 0 Å². The third kappa shape index (κ3) is 6.39. The molecule has 0 saturated heterocycles. The summed E-state index contributed by atoms with van der Waals surface area (Å²) in [5, 5.41) is 3.49. The molecule has 9 rings (SSSR count). The summed E-state index contributed by atoms with van der Waals surface area (Å²) >= 11 is 0. The zero-order valence-electron chi connectivity index (χ0n) is 32.1. The molecule has 0 atom stereocenters. The second kappa shape index (κ2) is 15.4. The van der Waals surface area contributed by atoms with Crippen molar-refractivity contribution in [3.05, 3.63) is 189 Å². The molecule has 9 heteroatoms. The Bertz CT molecular complexity index is 3260. The van der Waals surface area contributed by atoms with Gasteiger partial charge >= 0.3 is 0 Å². The van der Waals surface area contributed by atoms with E-state index in [1.165, 1.54) is 0 Å². The zero-order chi connectivity index (χ0) is 40.9. The number of allylic oxidation sites excluding steroid dienone is 4. The third-order valence-electron chi connectivity index (χ3n) is 11.3. The average molecular weight is 731 g/mol. The van der Waals surface area contributed by atoms with Crippen LogP contribution in [0.25, 0.3) is 61.2 Å². The van der Waals surface area contributed by atoms with Crippen LogP contribution in [0.2, 0.25) is 0 Å². The molecule has 0 spiro atoms. The van der Waals surface area contributed by atoms with Crippen molar-refractivity contribution >= 4 is 110 Å². The van der Waals surface area contributed by atoms with Crippen molar-refractivity contribution < 1.29 is 0 Å². The Morgan fingerprint density at radius 1 is 0.576 bits per heavy atom. The molecule has 0 fully saturated rings. The first-order valence-electron chi connectivity index (χ1n) is 19.1. The summed E-state index contributed by atoms with van der Waals surface area (Å²) in [5.74, 6) is 3.23. The summed E-state index contributed by atoms with van der Waals surface area (Å²) in [6, 6.07) is 49.1. The number of aromatic nitrogens is 2. The van der Waals surface area contributed by atoms with E-state index in [1.54, 1.807) is 0 Å². The number of imidazole rings is 1. The Morgan fingerprint density at radius 2 is 1.19 bits per heavy atom. The van der Waals surface area contributed by atoms with Crippen LogP contribution in [-0.4, -0.2) is 64.5 Å². The number of nitrogens with zero attached hydrogens (tertiary/aromatic N) is 2. The lowest BCUT2D eigenvalue weighted by Gasteiger charge is -2.29. The summed E-state index contributed by atoms with van der Waals surface area (Å²) in [6.45, 7) is 0. The SMILES string of the molecule is [B]/C(C#C)=C([B])/C([B])=C1\CC(c2ccccc2-c2ccccc2)=c2c([B])c([B])c([B])c([B])c2=C1c1ccc(-c2nc3ccccc3n2-c2cccc3ccccc23)cc1. The van der Waals surface area contributed by atoms with Gasteiger partial charge in [0.15, 0.2) is 0 Å². The molecule has 1 aliphatic rings. The van der Waals surface area contributed by atoms with Crippen LogP contribution in [-0.2, 0) is 0 Å². The molecule has 7 aromatic carbocycles. The van der Waals surface area contributed by atoms with Crippen molar-refractivity contribution in [1.29, 1.82) is 0 Å². The molecule has 0 aliphatic heterocycles. The molecule has 0 bridgehead atoms. The van der Waals surface area contributed by atoms with Crippen molar-refractivity contribution in [2.24, 2.45) is 0 Å². The molecule has 1 aromatic heterocycles. The van der Waals surface area contributed by atoms with Gasteiger partial charge in [-0.15, -0.1) is 22.8 Å². The topological polar surface area (TPSA) is 17.8 Å². The minimum atomic E-state index is 0.0124. The van der Waals surface area contributed by atoms with Crippen molar-refractivity contribution in [2.45, 2.75) is 6.42 Å². The molecule has 0 amide bonds. The quantitative estimate of drug-likeness (QED) is 0.186. The fourth-order valence-electron chi connectivity index (χ4n) is 8.34. The van der Waals surface area contributed by atoms with Gasteiger partial charge in [0.1, 0.15) is 60.7 Å². The first-order chi connectivity index (χ1) is 28.7. The number of hydrogen-bond donors (Lipinski definition) is 0.